The van der Waals surface area contributed by atoms with Crippen molar-refractivity contribution < 1.29 is 39.9 Å². The van der Waals surface area contributed by atoms with Gasteiger partial charge in [-0.25, -0.2) is 13.8 Å². The Bertz CT molecular complexity index is 1610. The van der Waals surface area contributed by atoms with Crippen LogP contribution in [0.1, 0.15) is 28.1 Å². The maximum Gasteiger partial charge on any atom is 0.418 e. The number of rotatable bonds is 5. The number of halogens is 8. The van der Waals surface area contributed by atoms with E-state index in [9.17, 15) is 35.1 Å². The average Bonchev–Trinajstić information content (AvgIpc) is 3.32. The Morgan fingerprint density at radius 2 is 1.70 bits per heavy atom. The summed E-state index contributed by atoms with van der Waals surface area (Å²) in [6.45, 7) is -0.198. The van der Waals surface area contributed by atoms with Crippen molar-refractivity contribution in [1.82, 2.24) is 20.0 Å². The van der Waals surface area contributed by atoms with E-state index in [1.807, 2.05) is 0 Å². The van der Waals surface area contributed by atoms with Crippen LogP contribution in [0.2, 0.25) is 0 Å². The number of nitrogens with one attached hydrogen (secondary N) is 1. The van der Waals surface area contributed by atoms with Crippen molar-refractivity contribution in [3.05, 3.63) is 88.4 Å². The molecule has 3 heterocycles. The number of aromatic nitrogens is 3. The van der Waals surface area contributed by atoms with Crippen LogP contribution in [0.15, 0.2) is 53.8 Å². The number of benzene rings is 2. The molecule has 5 rings (SSSR count). The number of hydrazone groups is 1. The highest BCUT2D eigenvalue weighted by Crippen LogP contribution is 2.43. The Labute approximate surface area is 220 Å². The molecule has 1 aliphatic heterocycles. The summed E-state index contributed by atoms with van der Waals surface area (Å²) in [4.78, 5) is 10.9. The number of methoxy groups -OCH3 is 1. The van der Waals surface area contributed by atoms with Gasteiger partial charge >= 0.3 is 12.4 Å². The minimum atomic E-state index is -5.02. The highest BCUT2D eigenvalue weighted by molar-refractivity contribution is 5.81. The quantitative estimate of drug-likeness (QED) is 0.269. The van der Waals surface area contributed by atoms with Gasteiger partial charge in [0.2, 0.25) is 0 Å². The molecule has 6 nitrogen and oxygen atoms in total. The first-order chi connectivity index (χ1) is 18.8. The predicted octanol–water partition coefficient (Wildman–Crippen LogP) is 6.81. The lowest BCUT2D eigenvalue weighted by molar-refractivity contribution is -0.139. The number of aromatic amines is 1. The summed E-state index contributed by atoms with van der Waals surface area (Å²) in [7, 11) is 1.14. The van der Waals surface area contributed by atoms with Gasteiger partial charge < -0.3 is 9.72 Å². The van der Waals surface area contributed by atoms with Gasteiger partial charge in [-0.2, -0.15) is 31.4 Å². The van der Waals surface area contributed by atoms with E-state index in [-0.39, 0.29) is 35.8 Å². The number of fused-ring (bicyclic) bond motifs is 1. The first-order valence-electron chi connectivity index (χ1n) is 11.5. The lowest BCUT2D eigenvalue weighted by Crippen LogP contribution is -2.22. The molecule has 0 amide bonds. The van der Waals surface area contributed by atoms with E-state index in [0.29, 0.717) is 17.5 Å². The van der Waals surface area contributed by atoms with E-state index in [1.165, 1.54) is 23.4 Å². The van der Waals surface area contributed by atoms with Gasteiger partial charge in [-0.1, -0.05) is 6.07 Å². The molecule has 0 saturated carbocycles. The molecule has 40 heavy (non-hydrogen) atoms. The number of hydrogen-bond donors (Lipinski definition) is 1. The summed E-state index contributed by atoms with van der Waals surface area (Å²) in [5.74, 6) is -2.29. The molecule has 2 aromatic heterocycles. The molecule has 0 saturated heterocycles. The van der Waals surface area contributed by atoms with Crippen molar-refractivity contribution in [2.75, 3.05) is 7.11 Å². The molecule has 1 aliphatic rings. The van der Waals surface area contributed by atoms with E-state index < -0.39 is 46.4 Å². The van der Waals surface area contributed by atoms with Gasteiger partial charge in [0.1, 0.15) is 11.6 Å². The first-order valence-corrected chi connectivity index (χ1v) is 11.5. The average molecular weight is 567 g/mol. The second-order valence-corrected chi connectivity index (χ2v) is 8.76. The molecule has 2 aromatic carbocycles. The van der Waals surface area contributed by atoms with Crippen molar-refractivity contribution in [2.45, 2.75) is 25.4 Å². The second kappa shape index (κ2) is 9.92. The summed E-state index contributed by atoms with van der Waals surface area (Å²) < 4.78 is 116. The molecule has 14 heteroatoms. The Balaban J connectivity index is 1.45. The molecule has 1 N–H and O–H groups in total. The number of imidazole rings is 1. The molecule has 0 aliphatic carbocycles. The zero-order chi connectivity index (χ0) is 28.8. The highest BCUT2D eigenvalue weighted by Gasteiger charge is 2.39. The number of ether oxygens (including phenoxy) is 1. The van der Waals surface area contributed by atoms with Crippen LogP contribution in [0.3, 0.4) is 0 Å². The third kappa shape index (κ3) is 5.20. The topological polar surface area (TPSA) is 66.4 Å². The minimum absolute atomic E-state index is 0.000920. The number of alkyl halides is 6. The SMILES string of the molecule is COc1ccc(-c2ncc(CN3Cc4nc(-c5cccc(F)c5F)[nH]c4C=N3)cc2C(F)(F)F)c(C(F)(F)F)c1. The number of hydrogen-bond acceptors (Lipinski definition) is 5. The van der Waals surface area contributed by atoms with Crippen molar-refractivity contribution in [3.8, 4) is 28.4 Å². The summed E-state index contributed by atoms with van der Waals surface area (Å²) in [5.41, 5.74) is -3.63. The van der Waals surface area contributed by atoms with Crippen LogP contribution >= 0.6 is 0 Å². The van der Waals surface area contributed by atoms with Crippen molar-refractivity contribution >= 4 is 6.21 Å². The van der Waals surface area contributed by atoms with Gasteiger partial charge in [0.15, 0.2) is 11.6 Å². The molecule has 4 aromatic rings. The van der Waals surface area contributed by atoms with E-state index in [0.717, 1.165) is 37.6 Å². The number of H-pyrrole nitrogens is 1. The van der Waals surface area contributed by atoms with Crippen molar-refractivity contribution in [1.29, 1.82) is 0 Å². The maximum absolute atomic E-state index is 14.2. The van der Waals surface area contributed by atoms with Gasteiger partial charge in [0, 0.05) is 11.8 Å². The van der Waals surface area contributed by atoms with E-state index in [4.69, 9.17) is 4.74 Å². The summed E-state index contributed by atoms with van der Waals surface area (Å²) in [6.07, 6.45) is -7.63. The van der Waals surface area contributed by atoms with Gasteiger partial charge in [0.05, 0.1) is 60.2 Å². The van der Waals surface area contributed by atoms with Crippen LogP contribution in [-0.2, 0) is 25.4 Å². The van der Waals surface area contributed by atoms with Crippen molar-refractivity contribution in [3.63, 3.8) is 0 Å². The molecule has 0 fully saturated rings. The highest BCUT2D eigenvalue weighted by atomic mass is 19.4. The molecule has 0 spiro atoms. The fourth-order valence-corrected chi connectivity index (χ4v) is 4.24. The summed E-state index contributed by atoms with van der Waals surface area (Å²) in [6, 6.07) is 6.93. The monoisotopic (exact) mass is 567 g/mol. The van der Waals surface area contributed by atoms with Gasteiger partial charge in [-0.3, -0.25) is 9.99 Å². The van der Waals surface area contributed by atoms with Gasteiger partial charge in [0.25, 0.3) is 0 Å². The molecule has 208 valence electrons. The zero-order valence-corrected chi connectivity index (χ0v) is 20.3. The van der Waals surface area contributed by atoms with E-state index >= 15 is 0 Å². The van der Waals surface area contributed by atoms with Crippen LogP contribution in [-0.4, -0.2) is 33.3 Å². The van der Waals surface area contributed by atoms with Crippen LogP contribution in [0.5, 0.6) is 5.75 Å². The van der Waals surface area contributed by atoms with Crippen LogP contribution in [0.25, 0.3) is 22.6 Å². The van der Waals surface area contributed by atoms with E-state index in [2.05, 4.69) is 20.1 Å². The van der Waals surface area contributed by atoms with Crippen LogP contribution < -0.4 is 4.74 Å². The largest absolute Gasteiger partial charge is 0.497 e. The van der Waals surface area contributed by atoms with Crippen LogP contribution in [0, 0.1) is 11.6 Å². The minimum Gasteiger partial charge on any atom is -0.497 e. The maximum atomic E-state index is 14.2. The Kier molecular flexibility index (Phi) is 6.72. The summed E-state index contributed by atoms with van der Waals surface area (Å²) in [5, 5.41) is 5.50. The van der Waals surface area contributed by atoms with Crippen molar-refractivity contribution in [2.24, 2.45) is 5.10 Å². The number of pyridine rings is 1. The third-order valence-electron chi connectivity index (χ3n) is 6.10. The molecular weight excluding hydrogens is 550 g/mol. The standard InChI is InChI=1S/C26H17F8N5O/c1-40-14-5-6-15(17(8-14)25(29,30)31)23-18(26(32,33)34)7-13(9-35-23)11-39-12-21-20(10-36-39)37-24(38-21)16-3-2-4-19(27)22(16)28/h2-10H,11-12H2,1H3,(H,37,38). The van der Waals surface area contributed by atoms with Gasteiger partial charge in [-0.15, -0.1) is 0 Å². The lowest BCUT2D eigenvalue weighted by atomic mass is 9.98. The molecule has 0 radical (unpaired) electrons. The third-order valence-corrected chi connectivity index (χ3v) is 6.10. The number of nitrogens with zero attached hydrogens (tertiary/aromatic N) is 4. The van der Waals surface area contributed by atoms with Crippen LogP contribution in [0.4, 0.5) is 35.1 Å². The predicted molar refractivity (Wildman–Crippen MR) is 127 cm³/mol. The molecule has 0 atom stereocenters. The van der Waals surface area contributed by atoms with Gasteiger partial charge in [-0.05, 0) is 42.0 Å². The normalized spacial score (nSPS) is 13.5. The molecule has 0 bridgehead atoms. The Hall–Kier alpha value is -4.49. The lowest BCUT2D eigenvalue weighted by Gasteiger charge is -2.22. The fraction of sp³-hybridized carbons (Fsp3) is 0.192. The fourth-order valence-electron chi connectivity index (χ4n) is 4.24. The second-order valence-electron chi connectivity index (χ2n) is 8.76. The Morgan fingerprint density at radius 1 is 0.950 bits per heavy atom. The Morgan fingerprint density at radius 3 is 2.40 bits per heavy atom. The summed E-state index contributed by atoms with van der Waals surface area (Å²) >= 11 is 0. The first kappa shape index (κ1) is 27.1. The molecule has 0 unspecified atom stereocenters. The smallest absolute Gasteiger partial charge is 0.418 e. The zero-order valence-electron chi connectivity index (χ0n) is 20.3. The van der Waals surface area contributed by atoms with E-state index in [1.54, 1.807) is 0 Å². The molecular formula is C26H17F8N5O.